The van der Waals surface area contributed by atoms with Crippen LogP contribution in [0, 0.1) is 0 Å². The monoisotopic (exact) mass is 374 g/mol. The van der Waals surface area contributed by atoms with Gasteiger partial charge in [-0.25, -0.2) is 14.9 Å². The average Bonchev–Trinajstić information content (AvgIpc) is 2.58. The Hall–Kier alpha value is -2.76. The fourth-order valence-corrected chi connectivity index (χ4v) is 2.54. The van der Waals surface area contributed by atoms with Crippen molar-refractivity contribution in [2.75, 3.05) is 5.32 Å². The van der Waals surface area contributed by atoms with Crippen molar-refractivity contribution in [3.63, 3.8) is 0 Å². The smallest absolute Gasteiger partial charge is 0.410 e. The van der Waals surface area contributed by atoms with E-state index in [9.17, 15) is 9.59 Å². The van der Waals surface area contributed by atoms with Crippen LogP contribution in [-0.4, -0.2) is 12.1 Å². The summed E-state index contributed by atoms with van der Waals surface area (Å²) in [6, 6.07) is 16.7. The van der Waals surface area contributed by atoms with Crippen LogP contribution in [0.5, 0.6) is 5.75 Å². The molecule has 0 unspecified atom stereocenters. The van der Waals surface area contributed by atoms with Crippen molar-refractivity contribution in [3.8, 4) is 5.75 Å². The zero-order valence-electron chi connectivity index (χ0n) is 12.8. The maximum Gasteiger partial charge on any atom is 0.420 e. The second-order valence-electron chi connectivity index (χ2n) is 5.07. The third-order valence-electron chi connectivity index (χ3n) is 3.36. The largest absolute Gasteiger partial charge is 0.420 e. The van der Waals surface area contributed by atoms with E-state index >= 15 is 0 Å². The minimum Gasteiger partial charge on any atom is -0.410 e. The van der Waals surface area contributed by atoms with Gasteiger partial charge in [0, 0.05) is 11.5 Å². The van der Waals surface area contributed by atoms with Gasteiger partial charge in [0.1, 0.15) is 5.75 Å². The van der Waals surface area contributed by atoms with E-state index in [2.05, 4.69) is 10.6 Å². The number of imide groups is 1. The molecule has 0 bridgehead atoms. The zero-order valence-corrected chi connectivity index (χ0v) is 14.3. The van der Waals surface area contributed by atoms with Crippen molar-refractivity contribution in [2.24, 2.45) is 0 Å². The number of fused-ring (bicyclic) bond motifs is 1. The van der Waals surface area contributed by atoms with Crippen LogP contribution in [0.3, 0.4) is 0 Å². The molecule has 5 nitrogen and oxygen atoms in total. The van der Waals surface area contributed by atoms with Crippen molar-refractivity contribution >= 4 is 51.8 Å². The summed E-state index contributed by atoms with van der Waals surface area (Å²) in [5.41, 5.74) is 0.581. The summed E-state index contributed by atoms with van der Waals surface area (Å²) in [6.45, 7) is 0. The summed E-state index contributed by atoms with van der Waals surface area (Å²) < 4.78 is 4.99. The number of urea groups is 1. The molecule has 0 spiro atoms. The minimum absolute atomic E-state index is 0.171. The van der Waals surface area contributed by atoms with E-state index in [4.69, 9.17) is 27.9 Å². The first-order valence-corrected chi connectivity index (χ1v) is 8.01. The molecular weight excluding hydrogens is 363 g/mol. The molecule has 0 saturated carbocycles. The first kappa shape index (κ1) is 17.1. The molecule has 0 aliphatic rings. The number of hydrogen-bond donors (Lipinski definition) is 2. The predicted molar refractivity (Wildman–Crippen MR) is 98.6 cm³/mol. The lowest BCUT2D eigenvalue weighted by Gasteiger charge is -2.10. The van der Waals surface area contributed by atoms with Crippen molar-refractivity contribution in [3.05, 3.63) is 70.7 Å². The maximum atomic E-state index is 12.0. The van der Waals surface area contributed by atoms with Gasteiger partial charge in [-0.1, -0.05) is 59.6 Å². The number of ether oxygens (including phenoxy) is 1. The van der Waals surface area contributed by atoms with Crippen LogP contribution in [0.15, 0.2) is 60.7 Å². The molecule has 0 heterocycles. The van der Waals surface area contributed by atoms with E-state index in [-0.39, 0.29) is 10.8 Å². The molecule has 0 fully saturated rings. The number of amides is 3. The Morgan fingerprint density at radius 1 is 0.880 bits per heavy atom. The number of carbonyl (C=O) groups is 2. The molecule has 3 aromatic rings. The summed E-state index contributed by atoms with van der Waals surface area (Å²) >= 11 is 11.6. The number of carbonyl (C=O) groups excluding carboxylic acids is 2. The first-order valence-electron chi connectivity index (χ1n) is 7.25. The molecule has 126 valence electrons. The Balaban J connectivity index is 1.65. The molecule has 0 aromatic heterocycles. The van der Waals surface area contributed by atoms with Gasteiger partial charge < -0.3 is 10.1 Å². The quantitative estimate of drug-likeness (QED) is 0.624. The molecule has 2 N–H and O–H groups in total. The zero-order chi connectivity index (χ0) is 17.8. The van der Waals surface area contributed by atoms with Gasteiger partial charge in [0.05, 0.1) is 15.7 Å². The van der Waals surface area contributed by atoms with E-state index in [1.54, 1.807) is 6.07 Å². The molecule has 25 heavy (non-hydrogen) atoms. The van der Waals surface area contributed by atoms with Crippen LogP contribution in [0.4, 0.5) is 15.3 Å². The Labute approximate surface area is 153 Å². The van der Waals surface area contributed by atoms with Crippen LogP contribution in [0.2, 0.25) is 10.0 Å². The Kier molecular flexibility index (Phi) is 5.07. The van der Waals surface area contributed by atoms with Crippen molar-refractivity contribution in [1.29, 1.82) is 0 Å². The number of halogens is 2. The summed E-state index contributed by atoms with van der Waals surface area (Å²) in [6.07, 6.45) is -0.934. The van der Waals surface area contributed by atoms with E-state index in [1.165, 1.54) is 18.2 Å². The highest BCUT2D eigenvalue weighted by Gasteiger charge is 2.12. The second kappa shape index (κ2) is 7.42. The SMILES string of the molecule is O=C(NC(=O)Oc1ccc(Cl)c(Cl)c1)Nc1cccc2ccccc12. The number of benzene rings is 3. The van der Waals surface area contributed by atoms with E-state index in [1.807, 2.05) is 36.4 Å². The molecule has 7 heteroatoms. The van der Waals surface area contributed by atoms with Gasteiger partial charge in [-0.3, -0.25) is 0 Å². The van der Waals surface area contributed by atoms with Gasteiger partial charge in [0.2, 0.25) is 0 Å². The normalized spacial score (nSPS) is 10.3. The van der Waals surface area contributed by atoms with Crippen LogP contribution in [0.1, 0.15) is 0 Å². The molecular formula is C18H12Cl2N2O3. The van der Waals surface area contributed by atoms with Crippen molar-refractivity contribution in [1.82, 2.24) is 5.32 Å². The standard InChI is InChI=1S/C18H12Cl2N2O3/c19-14-9-8-12(10-15(14)20)25-18(24)22-17(23)21-16-7-3-5-11-4-1-2-6-13(11)16/h1-10H,(H2,21,22,23,24). The molecule has 0 aliphatic carbocycles. The lowest BCUT2D eigenvalue weighted by Crippen LogP contribution is -2.36. The summed E-state index contributed by atoms with van der Waals surface area (Å²) in [4.78, 5) is 23.8. The Morgan fingerprint density at radius 2 is 1.64 bits per heavy atom. The van der Waals surface area contributed by atoms with E-state index in [0.29, 0.717) is 10.7 Å². The molecule has 0 saturated heterocycles. The fourth-order valence-electron chi connectivity index (χ4n) is 2.25. The van der Waals surface area contributed by atoms with Gasteiger partial charge in [0.25, 0.3) is 0 Å². The highest BCUT2D eigenvalue weighted by molar-refractivity contribution is 6.42. The Morgan fingerprint density at radius 3 is 2.44 bits per heavy atom. The van der Waals surface area contributed by atoms with Crippen molar-refractivity contribution < 1.29 is 14.3 Å². The number of hydrogen-bond acceptors (Lipinski definition) is 3. The van der Waals surface area contributed by atoms with Crippen LogP contribution in [0.25, 0.3) is 10.8 Å². The van der Waals surface area contributed by atoms with Gasteiger partial charge in [-0.05, 0) is 23.6 Å². The molecule has 3 rings (SSSR count). The molecule has 3 amide bonds. The minimum atomic E-state index is -0.934. The fraction of sp³-hybridized carbons (Fsp3) is 0. The highest BCUT2D eigenvalue weighted by atomic mass is 35.5. The molecule has 0 radical (unpaired) electrons. The number of rotatable bonds is 2. The van der Waals surface area contributed by atoms with Gasteiger partial charge >= 0.3 is 12.1 Å². The van der Waals surface area contributed by atoms with Gasteiger partial charge in [-0.2, -0.15) is 0 Å². The third kappa shape index (κ3) is 4.21. The second-order valence-corrected chi connectivity index (χ2v) is 5.89. The van der Waals surface area contributed by atoms with Crippen LogP contribution in [-0.2, 0) is 0 Å². The van der Waals surface area contributed by atoms with E-state index in [0.717, 1.165) is 10.8 Å². The number of nitrogens with one attached hydrogen (secondary N) is 2. The Bertz CT molecular complexity index is 955. The molecule has 0 atom stereocenters. The maximum absolute atomic E-state index is 12.0. The predicted octanol–water partition coefficient (Wildman–Crippen LogP) is 5.47. The van der Waals surface area contributed by atoms with Crippen LogP contribution >= 0.6 is 23.2 Å². The van der Waals surface area contributed by atoms with Crippen LogP contribution < -0.4 is 15.4 Å². The lowest BCUT2D eigenvalue weighted by molar-refractivity contribution is 0.199. The highest BCUT2D eigenvalue weighted by Crippen LogP contribution is 2.26. The first-order chi connectivity index (χ1) is 12.0. The summed E-state index contributed by atoms with van der Waals surface area (Å²) in [7, 11) is 0. The van der Waals surface area contributed by atoms with E-state index < -0.39 is 12.1 Å². The van der Waals surface area contributed by atoms with Gasteiger partial charge in [-0.15, -0.1) is 0 Å². The third-order valence-corrected chi connectivity index (χ3v) is 4.09. The lowest BCUT2D eigenvalue weighted by atomic mass is 10.1. The van der Waals surface area contributed by atoms with Gasteiger partial charge in [0.15, 0.2) is 0 Å². The summed E-state index contributed by atoms with van der Waals surface area (Å²) in [5.74, 6) is 0.171. The average molecular weight is 375 g/mol. The molecule has 3 aromatic carbocycles. The molecule has 0 aliphatic heterocycles. The van der Waals surface area contributed by atoms with Crippen molar-refractivity contribution in [2.45, 2.75) is 0 Å². The number of anilines is 1. The topological polar surface area (TPSA) is 67.4 Å². The summed E-state index contributed by atoms with van der Waals surface area (Å²) in [5, 5.41) is 7.12.